The number of aromatic amines is 1. The van der Waals surface area contributed by atoms with Gasteiger partial charge in [-0.05, 0) is 35.7 Å². The lowest BCUT2D eigenvalue weighted by molar-refractivity contribution is 0.415. The largest absolute Gasteiger partial charge is 0.497 e. The number of benzene rings is 1. The Morgan fingerprint density at radius 2 is 2.10 bits per heavy atom. The number of ether oxygens (including phenoxy) is 1. The van der Waals surface area contributed by atoms with Gasteiger partial charge in [-0.3, -0.25) is 4.98 Å². The topological polar surface area (TPSA) is 37.9 Å². The second-order valence-corrected chi connectivity index (χ2v) is 5.54. The Hall–Kier alpha value is -2.33. The standard InChI is InChI=1S/C16H12N2OS/c1-19-10-4-5-13-12(9-10)11-6-7-17-16(15(11)18-13)14-3-2-8-20-14/h2-9,18H,1H3. The third-order valence-corrected chi connectivity index (χ3v) is 4.36. The summed E-state index contributed by atoms with van der Waals surface area (Å²) < 4.78 is 5.32. The molecule has 98 valence electrons. The van der Waals surface area contributed by atoms with Crippen LogP contribution in [0.3, 0.4) is 0 Å². The van der Waals surface area contributed by atoms with Crippen LogP contribution in [0.2, 0.25) is 0 Å². The molecular weight excluding hydrogens is 268 g/mol. The first-order valence-electron chi connectivity index (χ1n) is 6.35. The molecule has 1 N–H and O–H groups in total. The molecule has 0 saturated carbocycles. The molecule has 0 fully saturated rings. The number of hydrogen-bond acceptors (Lipinski definition) is 3. The summed E-state index contributed by atoms with van der Waals surface area (Å²) in [4.78, 5) is 9.19. The van der Waals surface area contributed by atoms with Crippen molar-refractivity contribution in [2.24, 2.45) is 0 Å². The zero-order chi connectivity index (χ0) is 13.5. The maximum absolute atomic E-state index is 5.32. The van der Waals surface area contributed by atoms with E-state index in [2.05, 4.69) is 27.5 Å². The van der Waals surface area contributed by atoms with E-state index in [1.54, 1.807) is 18.4 Å². The number of H-pyrrole nitrogens is 1. The average molecular weight is 280 g/mol. The van der Waals surface area contributed by atoms with Gasteiger partial charge in [0.05, 0.1) is 17.5 Å². The second kappa shape index (κ2) is 4.35. The number of thiophene rings is 1. The Morgan fingerprint density at radius 3 is 2.90 bits per heavy atom. The lowest BCUT2D eigenvalue weighted by atomic mass is 10.1. The highest BCUT2D eigenvalue weighted by molar-refractivity contribution is 7.13. The monoisotopic (exact) mass is 280 g/mol. The fourth-order valence-electron chi connectivity index (χ4n) is 2.53. The third kappa shape index (κ3) is 1.62. The molecule has 3 heterocycles. The van der Waals surface area contributed by atoms with Crippen LogP contribution in [0.5, 0.6) is 5.75 Å². The van der Waals surface area contributed by atoms with Gasteiger partial charge in [-0.25, -0.2) is 0 Å². The third-order valence-electron chi connectivity index (χ3n) is 3.48. The molecule has 0 aliphatic carbocycles. The van der Waals surface area contributed by atoms with E-state index in [-0.39, 0.29) is 0 Å². The van der Waals surface area contributed by atoms with Crippen LogP contribution in [0.4, 0.5) is 0 Å². The Labute approximate surface area is 119 Å². The molecule has 4 aromatic rings. The van der Waals surface area contributed by atoms with Crippen LogP contribution >= 0.6 is 11.3 Å². The number of nitrogens with zero attached hydrogens (tertiary/aromatic N) is 1. The smallest absolute Gasteiger partial charge is 0.119 e. The van der Waals surface area contributed by atoms with Gasteiger partial charge in [-0.2, -0.15) is 0 Å². The average Bonchev–Trinajstić information content (AvgIpc) is 3.13. The first kappa shape index (κ1) is 11.5. The van der Waals surface area contributed by atoms with Gasteiger partial charge in [0.25, 0.3) is 0 Å². The van der Waals surface area contributed by atoms with Gasteiger partial charge in [-0.15, -0.1) is 11.3 Å². The van der Waals surface area contributed by atoms with Crippen LogP contribution in [0.15, 0.2) is 48.0 Å². The first-order chi connectivity index (χ1) is 9.86. The quantitative estimate of drug-likeness (QED) is 0.589. The molecular formula is C16H12N2OS. The van der Waals surface area contributed by atoms with Gasteiger partial charge >= 0.3 is 0 Å². The van der Waals surface area contributed by atoms with Gasteiger partial charge in [-0.1, -0.05) is 6.07 Å². The van der Waals surface area contributed by atoms with Crippen molar-refractivity contribution < 1.29 is 4.74 Å². The fourth-order valence-corrected chi connectivity index (χ4v) is 3.26. The SMILES string of the molecule is COc1ccc2[nH]c3c(-c4cccs4)nccc3c2c1. The number of aromatic nitrogens is 2. The van der Waals surface area contributed by atoms with Crippen molar-refractivity contribution in [1.82, 2.24) is 9.97 Å². The maximum atomic E-state index is 5.32. The Kier molecular flexibility index (Phi) is 2.50. The molecule has 3 aromatic heterocycles. The molecule has 0 spiro atoms. The molecule has 0 radical (unpaired) electrons. The van der Waals surface area contributed by atoms with Gasteiger partial charge in [0.1, 0.15) is 11.4 Å². The van der Waals surface area contributed by atoms with Crippen LogP contribution in [-0.2, 0) is 0 Å². The summed E-state index contributed by atoms with van der Waals surface area (Å²) in [6.45, 7) is 0. The minimum atomic E-state index is 0.868. The van der Waals surface area contributed by atoms with Crippen LogP contribution in [0, 0.1) is 0 Å². The zero-order valence-corrected chi connectivity index (χ0v) is 11.7. The van der Waals surface area contributed by atoms with Gasteiger partial charge < -0.3 is 9.72 Å². The van der Waals surface area contributed by atoms with Crippen LogP contribution in [0.1, 0.15) is 0 Å². The first-order valence-corrected chi connectivity index (χ1v) is 7.23. The highest BCUT2D eigenvalue weighted by Crippen LogP contribution is 2.34. The molecule has 0 aliphatic rings. The zero-order valence-electron chi connectivity index (χ0n) is 10.9. The Balaban J connectivity index is 2.09. The normalized spacial score (nSPS) is 11.2. The van der Waals surface area contributed by atoms with Gasteiger partial charge in [0.2, 0.25) is 0 Å². The van der Waals surface area contributed by atoms with E-state index in [1.807, 2.05) is 30.5 Å². The molecule has 0 unspecified atom stereocenters. The van der Waals surface area contributed by atoms with Gasteiger partial charge in [0, 0.05) is 22.5 Å². The summed E-state index contributed by atoms with van der Waals surface area (Å²) in [7, 11) is 1.69. The van der Waals surface area contributed by atoms with Crippen molar-refractivity contribution in [1.29, 1.82) is 0 Å². The molecule has 20 heavy (non-hydrogen) atoms. The number of rotatable bonds is 2. The van der Waals surface area contributed by atoms with E-state index >= 15 is 0 Å². The highest BCUT2D eigenvalue weighted by Gasteiger charge is 2.11. The van der Waals surface area contributed by atoms with Gasteiger partial charge in [0.15, 0.2) is 0 Å². The van der Waals surface area contributed by atoms with Crippen molar-refractivity contribution in [2.45, 2.75) is 0 Å². The maximum Gasteiger partial charge on any atom is 0.119 e. The van der Waals surface area contributed by atoms with E-state index in [0.29, 0.717) is 0 Å². The molecule has 4 heteroatoms. The van der Waals surface area contributed by atoms with Crippen molar-refractivity contribution in [3.8, 4) is 16.3 Å². The predicted octanol–water partition coefficient (Wildman–Crippen LogP) is 4.45. The summed E-state index contributed by atoms with van der Waals surface area (Å²) >= 11 is 1.70. The number of nitrogens with one attached hydrogen (secondary N) is 1. The number of hydrogen-bond donors (Lipinski definition) is 1. The Morgan fingerprint density at radius 1 is 1.15 bits per heavy atom. The van der Waals surface area contributed by atoms with Crippen molar-refractivity contribution in [2.75, 3.05) is 7.11 Å². The molecule has 0 amide bonds. The summed E-state index contributed by atoms with van der Waals surface area (Å²) in [6, 6.07) is 12.3. The van der Waals surface area contributed by atoms with E-state index in [4.69, 9.17) is 4.74 Å². The van der Waals surface area contributed by atoms with Crippen LogP contribution < -0.4 is 4.74 Å². The van der Waals surface area contributed by atoms with Crippen molar-refractivity contribution in [3.63, 3.8) is 0 Å². The summed E-state index contributed by atoms with van der Waals surface area (Å²) in [5.74, 6) is 0.868. The summed E-state index contributed by atoms with van der Waals surface area (Å²) in [5.41, 5.74) is 3.19. The van der Waals surface area contributed by atoms with Crippen molar-refractivity contribution >= 4 is 33.1 Å². The summed E-state index contributed by atoms with van der Waals surface area (Å²) in [5, 5.41) is 4.42. The molecule has 0 atom stereocenters. The van der Waals surface area contributed by atoms with E-state index in [9.17, 15) is 0 Å². The van der Waals surface area contributed by atoms with Crippen LogP contribution in [0.25, 0.3) is 32.4 Å². The molecule has 3 nitrogen and oxygen atoms in total. The second-order valence-electron chi connectivity index (χ2n) is 4.60. The minimum Gasteiger partial charge on any atom is -0.497 e. The van der Waals surface area contributed by atoms with Crippen molar-refractivity contribution in [3.05, 3.63) is 48.0 Å². The van der Waals surface area contributed by atoms with E-state index in [1.165, 1.54) is 15.6 Å². The molecule has 0 saturated heterocycles. The molecule has 1 aromatic carbocycles. The summed E-state index contributed by atoms with van der Waals surface area (Å²) in [6.07, 6.45) is 1.87. The van der Waals surface area contributed by atoms with E-state index < -0.39 is 0 Å². The number of methoxy groups -OCH3 is 1. The fraction of sp³-hybridized carbons (Fsp3) is 0.0625. The number of fused-ring (bicyclic) bond motifs is 3. The molecule has 0 bridgehead atoms. The minimum absolute atomic E-state index is 0.868. The Bertz CT molecular complexity index is 894. The number of pyridine rings is 1. The molecule has 4 rings (SSSR count). The lowest BCUT2D eigenvalue weighted by Gasteiger charge is -1.99. The highest BCUT2D eigenvalue weighted by atomic mass is 32.1. The predicted molar refractivity (Wildman–Crippen MR) is 83.5 cm³/mol. The molecule has 0 aliphatic heterocycles. The lowest BCUT2D eigenvalue weighted by Crippen LogP contribution is -1.81. The van der Waals surface area contributed by atoms with E-state index in [0.717, 1.165) is 22.5 Å². The van der Waals surface area contributed by atoms with Crippen LogP contribution in [-0.4, -0.2) is 17.1 Å².